The lowest BCUT2D eigenvalue weighted by Crippen LogP contribution is -2.22. The maximum Gasteiger partial charge on any atom is 0.309 e. The van der Waals surface area contributed by atoms with Gasteiger partial charge in [-0.3, -0.25) is 4.79 Å². The summed E-state index contributed by atoms with van der Waals surface area (Å²) in [6, 6.07) is 3.94. The molecule has 2 unspecified atom stereocenters. The van der Waals surface area contributed by atoms with E-state index < -0.39 is 18.0 Å². The molecular weight excluding hydrogens is 216 g/mol. The van der Waals surface area contributed by atoms with E-state index in [2.05, 4.69) is 0 Å². The number of rotatable bonds is 4. The van der Waals surface area contributed by atoms with Crippen molar-refractivity contribution >= 4 is 5.97 Å². The van der Waals surface area contributed by atoms with Crippen molar-refractivity contribution in [3.05, 3.63) is 34.4 Å². The van der Waals surface area contributed by atoms with Crippen LogP contribution in [-0.2, 0) is 4.79 Å². The normalized spacial score (nSPS) is 14.4. The Morgan fingerprint density at radius 2 is 1.71 bits per heavy atom. The molecule has 0 heterocycles. The third-order valence-electron chi connectivity index (χ3n) is 3.17. The number of carboxylic acid groups (broad SMARTS) is 1. The number of aliphatic carboxylic acids is 1. The molecule has 0 fully saturated rings. The molecule has 1 aromatic rings. The van der Waals surface area contributed by atoms with Gasteiger partial charge in [-0.1, -0.05) is 24.6 Å². The molecule has 0 aliphatic carbocycles. The molecule has 0 saturated heterocycles. The molecule has 0 spiro atoms. The van der Waals surface area contributed by atoms with Crippen molar-refractivity contribution in [2.75, 3.05) is 0 Å². The standard InChI is InChI=1S/C14H20O3/c1-5-11(14(16)17)13(15)12-9(3)6-8(2)7-10(12)4/h6-7,11,13,15H,5H2,1-4H3,(H,16,17). The van der Waals surface area contributed by atoms with E-state index in [0.29, 0.717) is 6.42 Å². The zero-order valence-corrected chi connectivity index (χ0v) is 10.8. The first-order valence-corrected chi connectivity index (χ1v) is 5.87. The highest BCUT2D eigenvalue weighted by molar-refractivity contribution is 5.71. The van der Waals surface area contributed by atoms with E-state index >= 15 is 0 Å². The number of hydrogen-bond donors (Lipinski definition) is 2. The van der Waals surface area contributed by atoms with E-state index in [1.54, 1.807) is 6.92 Å². The van der Waals surface area contributed by atoms with Crippen LogP contribution in [0.15, 0.2) is 12.1 Å². The molecule has 3 nitrogen and oxygen atoms in total. The Kier molecular flexibility index (Phi) is 4.29. The van der Waals surface area contributed by atoms with E-state index in [4.69, 9.17) is 5.11 Å². The van der Waals surface area contributed by atoms with Gasteiger partial charge < -0.3 is 10.2 Å². The van der Waals surface area contributed by atoms with E-state index in [9.17, 15) is 9.90 Å². The number of carbonyl (C=O) groups is 1. The molecule has 0 radical (unpaired) electrons. The van der Waals surface area contributed by atoms with Gasteiger partial charge in [-0.2, -0.15) is 0 Å². The number of aliphatic hydroxyl groups excluding tert-OH is 1. The largest absolute Gasteiger partial charge is 0.481 e. The lowest BCUT2D eigenvalue weighted by Gasteiger charge is -2.22. The third kappa shape index (κ3) is 2.86. The number of aliphatic hydroxyl groups is 1. The van der Waals surface area contributed by atoms with Crippen LogP contribution in [0.3, 0.4) is 0 Å². The number of carboxylic acids is 1. The molecule has 17 heavy (non-hydrogen) atoms. The van der Waals surface area contributed by atoms with Crippen LogP contribution in [0.2, 0.25) is 0 Å². The minimum Gasteiger partial charge on any atom is -0.481 e. The third-order valence-corrected chi connectivity index (χ3v) is 3.17. The SMILES string of the molecule is CCC(C(=O)O)C(O)c1c(C)cc(C)cc1C. The van der Waals surface area contributed by atoms with Crippen LogP contribution in [0.4, 0.5) is 0 Å². The van der Waals surface area contributed by atoms with Gasteiger partial charge in [0, 0.05) is 0 Å². The van der Waals surface area contributed by atoms with Gasteiger partial charge in [-0.15, -0.1) is 0 Å². The fourth-order valence-electron chi connectivity index (χ4n) is 2.39. The Balaban J connectivity index is 3.20. The summed E-state index contributed by atoms with van der Waals surface area (Å²) in [6.07, 6.45) is -0.512. The monoisotopic (exact) mass is 236 g/mol. The Bertz CT molecular complexity index is 400. The Hall–Kier alpha value is -1.35. The predicted octanol–water partition coefficient (Wildman–Crippen LogP) is 2.76. The van der Waals surface area contributed by atoms with Gasteiger partial charge in [0.05, 0.1) is 12.0 Å². The molecule has 2 N–H and O–H groups in total. The molecule has 0 aliphatic rings. The first-order chi connectivity index (χ1) is 7.88. The molecule has 94 valence electrons. The fourth-order valence-corrected chi connectivity index (χ4v) is 2.39. The van der Waals surface area contributed by atoms with E-state index in [1.165, 1.54) is 0 Å². The van der Waals surface area contributed by atoms with Gasteiger partial charge >= 0.3 is 5.97 Å². The molecule has 0 aliphatic heterocycles. The topological polar surface area (TPSA) is 57.5 Å². The zero-order chi connectivity index (χ0) is 13.2. The summed E-state index contributed by atoms with van der Waals surface area (Å²) in [5, 5.41) is 19.3. The maximum absolute atomic E-state index is 11.1. The Labute approximate surface area is 102 Å². The van der Waals surface area contributed by atoms with Crippen LogP contribution in [0.1, 0.15) is 41.7 Å². The van der Waals surface area contributed by atoms with Crippen LogP contribution in [0.5, 0.6) is 0 Å². The van der Waals surface area contributed by atoms with Crippen LogP contribution >= 0.6 is 0 Å². The van der Waals surface area contributed by atoms with E-state index in [1.807, 2.05) is 32.9 Å². The van der Waals surface area contributed by atoms with E-state index in [0.717, 1.165) is 22.3 Å². The lowest BCUT2D eigenvalue weighted by molar-refractivity contribution is -0.146. The maximum atomic E-state index is 11.1. The summed E-state index contributed by atoms with van der Waals surface area (Å²) in [6.45, 7) is 7.59. The zero-order valence-electron chi connectivity index (χ0n) is 10.8. The molecular formula is C14H20O3. The molecule has 2 atom stereocenters. The van der Waals surface area contributed by atoms with Gasteiger partial charge in [-0.25, -0.2) is 0 Å². The second-order valence-electron chi connectivity index (χ2n) is 4.61. The average molecular weight is 236 g/mol. The van der Waals surface area contributed by atoms with Crippen molar-refractivity contribution in [2.24, 2.45) is 5.92 Å². The number of benzene rings is 1. The van der Waals surface area contributed by atoms with Crippen molar-refractivity contribution in [3.63, 3.8) is 0 Å². The van der Waals surface area contributed by atoms with Crippen LogP contribution in [0, 0.1) is 26.7 Å². The summed E-state index contributed by atoms with van der Waals surface area (Å²) >= 11 is 0. The molecule has 0 saturated carbocycles. The van der Waals surface area contributed by atoms with Gasteiger partial charge in [0.15, 0.2) is 0 Å². The highest BCUT2D eigenvalue weighted by Crippen LogP contribution is 2.30. The van der Waals surface area contributed by atoms with Crippen LogP contribution < -0.4 is 0 Å². The molecule has 0 aromatic heterocycles. The highest BCUT2D eigenvalue weighted by atomic mass is 16.4. The second-order valence-corrected chi connectivity index (χ2v) is 4.61. The first kappa shape index (κ1) is 13.7. The average Bonchev–Trinajstić information content (AvgIpc) is 2.15. The summed E-state index contributed by atoms with van der Waals surface area (Å²) in [4.78, 5) is 11.1. The first-order valence-electron chi connectivity index (χ1n) is 5.87. The number of hydrogen-bond acceptors (Lipinski definition) is 2. The van der Waals surface area contributed by atoms with Gasteiger partial charge in [0.25, 0.3) is 0 Å². The highest BCUT2D eigenvalue weighted by Gasteiger charge is 2.28. The van der Waals surface area contributed by atoms with Crippen molar-refractivity contribution in [3.8, 4) is 0 Å². The molecule has 1 aromatic carbocycles. The van der Waals surface area contributed by atoms with E-state index in [-0.39, 0.29) is 0 Å². The van der Waals surface area contributed by atoms with Crippen molar-refractivity contribution in [2.45, 2.75) is 40.2 Å². The van der Waals surface area contributed by atoms with Crippen LogP contribution in [0.25, 0.3) is 0 Å². The molecule has 0 amide bonds. The second kappa shape index (κ2) is 5.32. The fraction of sp³-hybridized carbons (Fsp3) is 0.500. The van der Waals surface area contributed by atoms with Gasteiger partial charge in [0.2, 0.25) is 0 Å². The van der Waals surface area contributed by atoms with Crippen molar-refractivity contribution in [1.82, 2.24) is 0 Å². The quantitative estimate of drug-likeness (QED) is 0.845. The summed E-state index contributed by atoms with van der Waals surface area (Å²) in [7, 11) is 0. The van der Waals surface area contributed by atoms with Crippen molar-refractivity contribution < 1.29 is 15.0 Å². The smallest absolute Gasteiger partial charge is 0.309 e. The lowest BCUT2D eigenvalue weighted by atomic mass is 9.87. The van der Waals surface area contributed by atoms with Crippen LogP contribution in [-0.4, -0.2) is 16.2 Å². The Morgan fingerprint density at radius 1 is 1.24 bits per heavy atom. The molecule has 3 heteroatoms. The van der Waals surface area contributed by atoms with Crippen molar-refractivity contribution in [1.29, 1.82) is 0 Å². The van der Waals surface area contributed by atoms with Gasteiger partial charge in [-0.05, 0) is 43.9 Å². The minimum absolute atomic E-state index is 0.420. The number of aryl methyl sites for hydroxylation is 3. The molecule has 0 bridgehead atoms. The summed E-state index contributed by atoms with van der Waals surface area (Å²) < 4.78 is 0. The minimum atomic E-state index is -0.945. The molecule has 1 rings (SSSR count). The Morgan fingerprint density at radius 3 is 2.06 bits per heavy atom. The summed E-state index contributed by atoms with van der Waals surface area (Å²) in [5.74, 6) is -1.69. The predicted molar refractivity (Wildman–Crippen MR) is 67.0 cm³/mol. The summed E-state index contributed by atoms with van der Waals surface area (Å²) in [5.41, 5.74) is 3.79. The van der Waals surface area contributed by atoms with Gasteiger partial charge in [0.1, 0.15) is 0 Å².